The molecule has 1 amide bonds. The van der Waals surface area contributed by atoms with Crippen molar-refractivity contribution >= 4 is 11.7 Å². The van der Waals surface area contributed by atoms with Crippen LogP contribution < -0.4 is 10.6 Å². The molecule has 0 unspecified atom stereocenters. The second-order valence-electron chi connectivity index (χ2n) is 6.58. The van der Waals surface area contributed by atoms with Crippen LogP contribution >= 0.6 is 0 Å². The van der Waals surface area contributed by atoms with Gasteiger partial charge in [-0.1, -0.05) is 19.3 Å². The van der Waals surface area contributed by atoms with Gasteiger partial charge in [-0.2, -0.15) is 0 Å². The van der Waals surface area contributed by atoms with Crippen molar-refractivity contribution in [1.29, 1.82) is 0 Å². The molecule has 1 fully saturated rings. The number of amides is 1. The molecule has 6 nitrogen and oxygen atoms in total. The molecular weight excluding hydrogens is 290 g/mol. The number of nitrogens with one attached hydrogen (secondary N) is 2. The van der Waals surface area contributed by atoms with E-state index in [1.54, 1.807) is 6.07 Å². The third kappa shape index (κ3) is 6.14. The first-order chi connectivity index (χ1) is 11.0. The van der Waals surface area contributed by atoms with Crippen LogP contribution in [0.1, 0.15) is 54.8 Å². The zero-order valence-electron chi connectivity index (χ0n) is 14.6. The lowest BCUT2D eigenvalue weighted by molar-refractivity contribution is 0.0922. The van der Waals surface area contributed by atoms with Gasteiger partial charge in [0, 0.05) is 18.7 Å². The zero-order chi connectivity index (χ0) is 16.7. The summed E-state index contributed by atoms with van der Waals surface area (Å²) in [6.45, 7) is 3.67. The molecule has 1 aliphatic carbocycles. The van der Waals surface area contributed by atoms with Crippen LogP contribution in [0.4, 0.5) is 5.82 Å². The van der Waals surface area contributed by atoms with Crippen molar-refractivity contribution in [3.63, 3.8) is 0 Å². The van der Waals surface area contributed by atoms with Gasteiger partial charge in [0.2, 0.25) is 0 Å². The van der Waals surface area contributed by atoms with Crippen molar-refractivity contribution in [1.82, 2.24) is 20.2 Å². The maximum atomic E-state index is 12.4. The average molecular weight is 319 g/mol. The molecule has 23 heavy (non-hydrogen) atoms. The van der Waals surface area contributed by atoms with Crippen molar-refractivity contribution in [3.8, 4) is 0 Å². The van der Waals surface area contributed by atoms with E-state index in [-0.39, 0.29) is 5.91 Å². The fourth-order valence-electron chi connectivity index (χ4n) is 2.89. The van der Waals surface area contributed by atoms with Crippen LogP contribution in [0.15, 0.2) is 6.07 Å². The first kappa shape index (κ1) is 17.7. The lowest BCUT2D eigenvalue weighted by Crippen LogP contribution is -2.36. The summed E-state index contributed by atoms with van der Waals surface area (Å²) in [5.74, 6) is 1.26. The highest BCUT2D eigenvalue weighted by Gasteiger charge is 2.18. The first-order valence-corrected chi connectivity index (χ1v) is 8.60. The highest BCUT2D eigenvalue weighted by molar-refractivity contribution is 5.93. The third-order valence-corrected chi connectivity index (χ3v) is 4.10. The number of hydrogen-bond donors (Lipinski definition) is 2. The SMILES string of the molecule is Cc1nc(NCCCN(C)C)cc(C(=O)NC2CCCCC2)n1. The Morgan fingerprint density at radius 3 is 2.70 bits per heavy atom. The van der Waals surface area contributed by atoms with Crippen LogP contribution in [0, 0.1) is 6.92 Å². The van der Waals surface area contributed by atoms with Gasteiger partial charge in [0.1, 0.15) is 17.3 Å². The van der Waals surface area contributed by atoms with E-state index in [9.17, 15) is 4.79 Å². The summed E-state index contributed by atoms with van der Waals surface area (Å²) in [5.41, 5.74) is 0.457. The fraction of sp³-hybridized carbons (Fsp3) is 0.706. The molecule has 1 heterocycles. The Bertz CT molecular complexity index is 512. The molecule has 0 atom stereocenters. The Morgan fingerprint density at radius 1 is 1.26 bits per heavy atom. The van der Waals surface area contributed by atoms with Gasteiger partial charge in [-0.25, -0.2) is 9.97 Å². The summed E-state index contributed by atoms with van der Waals surface area (Å²) in [6, 6.07) is 2.05. The maximum absolute atomic E-state index is 12.4. The highest BCUT2D eigenvalue weighted by atomic mass is 16.1. The molecule has 0 bridgehead atoms. The minimum atomic E-state index is -0.0845. The lowest BCUT2D eigenvalue weighted by atomic mass is 9.95. The Balaban J connectivity index is 1.91. The molecule has 1 aliphatic rings. The fourth-order valence-corrected chi connectivity index (χ4v) is 2.89. The Morgan fingerprint density at radius 2 is 2.00 bits per heavy atom. The molecule has 1 aromatic rings. The van der Waals surface area contributed by atoms with E-state index in [0.717, 1.165) is 38.2 Å². The molecule has 0 aliphatic heterocycles. The van der Waals surface area contributed by atoms with Crippen molar-refractivity contribution in [2.75, 3.05) is 32.5 Å². The summed E-state index contributed by atoms with van der Waals surface area (Å²) in [4.78, 5) is 23.2. The number of anilines is 1. The summed E-state index contributed by atoms with van der Waals surface area (Å²) < 4.78 is 0. The van der Waals surface area contributed by atoms with E-state index in [0.29, 0.717) is 17.6 Å². The van der Waals surface area contributed by atoms with E-state index >= 15 is 0 Å². The quantitative estimate of drug-likeness (QED) is 0.754. The van der Waals surface area contributed by atoms with Crippen LogP contribution in [0.2, 0.25) is 0 Å². The van der Waals surface area contributed by atoms with Crippen molar-refractivity contribution in [2.45, 2.75) is 51.5 Å². The van der Waals surface area contributed by atoms with Gasteiger partial charge >= 0.3 is 0 Å². The Hall–Kier alpha value is -1.69. The number of aromatic nitrogens is 2. The topological polar surface area (TPSA) is 70.2 Å². The van der Waals surface area contributed by atoms with Gasteiger partial charge in [0.25, 0.3) is 5.91 Å². The van der Waals surface area contributed by atoms with Gasteiger partial charge in [0.15, 0.2) is 0 Å². The van der Waals surface area contributed by atoms with E-state index in [1.165, 1.54) is 19.3 Å². The molecule has 6 heteroatoms. The van der Waals surface area contributed by atoms with Crippen LogP contribution in [0.5, 0.6) is 0 Å². The van der Waals surface area contributed by atoms with Gasteiger partial charge in [-0.05, 0) is 46.8 Å². The summed E-state index contributed by atoms with van der Waals surface area (Å²) in [6.07, 6.45) is 6.86. The zero-order valence-corrected chi connectivity index (χ0v) is 14.6. The third-order valence-electron chi connectivity index (χ3n) is 4.10. The smallest absolute Gasteiger partial charge is 0.270 e. The Labute approximate surface area is 139 Å². The summed E-state index contributed by atoms with van der Waals surface area (Å²) in [7, 11) is 4.12. The number of carbonyl (C=O) groups is 1. The molecule has 2 rings (SSSR count). The van der Waals surface area contributed by atoms with Gasteiger partial charge in [-0.15, -0.1) is 0 Å². The van der Waals surface area contributed by atoms with E-state index in [1.807, 2.05) is 6.92 Å². The number of nitrogens with zero attached hydrogens (tertiary/aromatic N) is 3. The van der Waals surface area contributed by atoms with Crippen LogP contribution in [-0.4, -0.2) is 54.0 Å². The monoisotopic (exact) mass is 319 g/mol. The van der Waals surface area contributed by atoms with Gasteiger partial charge < -0.3 is 15.5 Å². The summed E-state index contributed by atoms with van der Waals surface area (Å²) in [5, 5.41) is 6.39. The van der Waals surface area contributed by atoms with Crippen LogP contribution in [0.25, 0.3) is 0 Å². The second kappa shape index (κ2) is 8.82. The van der Waals surface area contributed by atoms with E-state index in [2.05, 4.69) is 39.6 Å². The van der Waals surface area contributed by atoms with Gasteiger partial charge in [-0.3, -0.25) is 4.79 Å². The minimum Gasteiger partial charge on any atom is -0.370 e. The predicted molar refractivity (Wildman–Crippen MR) is 92.8 cm³/mol. The minimum absolute atomic E-state index is 0.0845. The second-order valence-corrected chi connectivity index (χ2v) is 6.58. The molecular formula is C17H29N5O. The number of carbonyl (C=O) groups excluding carboxylic acids is 1. The Kier molecular flexibility index (Phi) is 6.77. The molecule has 0 aromatic carbocycles. The highest BCUT2D eigenvalue weighted by Crippen LogP contribution is 2.18. The van der Waals surface area contributed by atoms with Crippen LogP contribution in [-0.2, 0) is 0 Å². The molecule has 1 aromatic heterocycles. The molecule has 0 saturated heterocycles. The largest absolute Gasteiger partial charge is 0.370 e. The molecule has 0 spiro atoms. The van der Waals surface area contributed by atoms with Crippen molar-refractivity contribution in [2.24, 2.45) is 0 Å². The summed E-state index contributed by atoms with van der Waals surface area (Å²) >= 11 is 0. The lowest BCUT2D eigenvalue weighted by Gasteiger charge is -2.22. The molecule has 0 radical (unpaired) electrons. The number of hydrogen-bond acceptors (Lipinski definition) is 5. The number of rotatable bonds is 7. The average Bonchev–Trinajstić information content (AvgIpc) is 2.52. The first-order valence-electron chi connectivity index (χ1n) is 8.60. The standard InChI is InChI=1S/C17H29N5O/c1-13-19-15(17(23)21-14-8-5-4-6-9-14)12-16(20-13)18-10-7-11-22(2)3/h12,14H,4-11H2,1-3H3,(H,21,23)(H,18,19,20). The van der Waals surface area contributed by atoms with Gasteiger partial charge in [0.05, 0.1) is 0 Å². The van der Waals surface area contributed by atoms with Crippen molar-refractivity contribution < 1.29 is 4.79 Å². The molecule has 128 valence electrons. The number of aryl methyl sites for hydroxylation is 1. The molecule has 2 N–H and O–H groups in total. The van der Waals surface area contributed by atoms with E-state index in [4.69, 9.17) is 0 Å². The van der Waals surface area contributed by atoms with E-state index < -0.39 is 0 Å². The molecule has 1 saturated carbocycles. The van der Waals surface area contributed by atoms with Crippen molar-refractivity contribution in [3.05, 3.63) is 17.6 Å². The maximum Gasteiger partial charge on any atom is 0.270 e. The predicted octanol–water partition coefficient (Wildman–Crippen LogP) is 2.21. The normalized spacial score (nSPS) is 15.7. The van der Waals surface area contributed by atoms with Crippen LogP contribution in [0.3, 0.4) is 0 Å².